The summed E-state index contributed by atoms with van der Waals surface area (Å²) in [6.45, 7) is 5.54. The van der Waals surface area contributed by atoms with E-state index in [-0.39, 0.29) is 5.75 Å². The molecular weight excluding hydrogens is 276 g/mol. The van der Waals surface area contributed by atoms with E-state index in [9.17, 15) is 8.42 Å². The molecule has 0 amide bonds. The summed E-state index contributed by atoms with van der Waals surface area (Å²) in [5.41, 5.74) is 6.83. The Hall–Kier alpha value is -0.950. The molecule has 2 rings (SSSR count). The molecule has 1 aliphatic rings. The molecule has 1 heterocycles. The predicted octanol–water partition coefficient (Wildman–Crippen LogP) is 1.09. The van der Waals surface area contributed by atoms with E-state index in [4.69, 9.17) is 10.5 Å². The molecule has 1 saturated heterocycles. The zero-order valence-corrected chi connectivity index (χ0v) is 12.8. The maximum atomic E-state index is 12.6. The van der Waals surface area contributed by atoms with Gasteiger partial charge in [-0.15, -0.1) is 0 Å². The average molecular weight is 298 g/mol. The van der Waals surface area contributed by atoms with Gasteiger partial charge in [0.25, 0.3) is 0 Å². The van der Waals surface area contributed by atoms with Gasteiger partial charge in [0.1, 0.15) is 0 Å². The summed E-state index contributed by atoms with van der Waals surface area (Å²) in [5.74, 6) is 0.0152. The van der Waals surface area contributed by atoms with E-state index in [1.807, 2.05) is 38.1 Å². The first-order valence-corrected chi connectivity index (χ1v) is 8.32. The first kappa shape index (κ1) is 15.4. The Morgan fingerprint density at radius 3 is 2.40 bits per heavy atom. The second kappa shape index (κ2) is 5.81. The van der Waals surface area contributed by atoms with Gasteiger partial charge in [0, 0.05) is 13.1 Å². The SMILES string of the molecule is CC1(C)COCCN1S(=O)(=O)Cc1ccc(CN)cc1. The fraction of sp³-hybridized carbons (Fsp3) is 0.571. The summed E-state index contributed by atoms with van der Waals surface area (Å²) in [5, 5.41) is 0. The molecule has 1 aromatic carbocycles. The second-order valence-electron chi connectivity index (χ2n) is 5.71. The highest BCUT2D eigenvalue weighted by molar-refractivity contribution is 7.88. The molecular formula is C14H22N2O3S. The lowest BCUT2D eigenvalue weighted by atomic mass is 10.1. The quantitative estimate of drug-likeness (QED) is 0.903. The lowest BCUT2D eigenvalue weighted by Crippen LogP contribution is -2.55. The average Bonchev–Trinajstić information content (AvgIpc) is 2.38. The van der Waals surface area contributed by atoms with Crippen molar-refractivity contribution in [3.63, 3.8) is 0 Å². The third-order valence-corrected chi connectivity index (χ3v) is 5.56. The van der Waals surface area contributed by atoms with Gasteiger partial charge in [-0.2, -0.15) is 4.31 Å². The summed E-state index contributed by atoms with van der Waals surface area (Å²) < 4.78 is 32.1. The molecule has 6 heteroatoms. The van der Waals surface area contributed by atoms with Crippen molar-refractivity contribution in [2.24, 2.45) is 5.73 Å². The van der Waals surface area contributed by atoms with Gasteiger partial charge in [-0.05, 0) is 25.0 Å². The van der Waals surface area contributed by atoms with Crippen molar-refractivity contribution in [3.8, 4) is 0 Å². The van der Waals surface area contributed by atoms with Crippen LogP contribution >= 0.6 is 0 Å². The Balaban J connectivity index is 2.17. The van der Waals surface area contributed by atoms with E-state index in [1.165, 1.54) is 0 Å². The molecule has 0 radical (unpaired) electrons. The summed E-state index contributed by atoms with van der Waals surface area (Å²) in [6, 6.07) is 7.39. The van der Waals surface area contributed by atoms with Gasteiger partial charge in [0.2, 0.25) is 10.0 Å². The van der Waals surface area contributed by atoms with Gasteiger partial charge in [0.15, 0.2) is 0 Å². The van der Waals surface area contributed by atoms with Crippen LogP contribution in [0, 0.1) is 0 Å². The Kier molecular flexibility index (Phi) is 4.49. The number of nitrogens with two attached hydrogens (primary N) is 1. The van der Waals surface area contributed by atoms with Gasteiger partial charge >= 0.3 is 0 Å². The molecule has 0 unspecified atom stereocenters. The van der Waals surface area contributed by atoms with E-state index in [0.717, 1.165) is 11.1 Å². The van der Waals surface area contributed by atoms with Crippen molar-refractivity contribution in [2.45, 2.75) is 31.7 Å². The first-order chi connectivity index (χ1) is 9.35. The van der Waals surface area contributed by atoms with E-state index in [2.05, 4.69) is 0 Å². The Morgan fingerprint density at radius 1 is 1.25 bits per heavy atom. The first-order valence-electron chi connectivity index (χ1n) is 6.71. The number of rotatable bonds is 4. The largest absolute Gasteiger partial charge is 0.378 e. The van der Waals surface area contributed by atoms with Gasteiger partial charge < -0.3 is 10.5 Å². The second-order valence-corrected chi connectivity index (χ2v) is 7.61. The van der Waals surface area contributed by atoms with Crippen LogP contribution in [0.25, 0.3) is 0 Å². The normalized spacial score (nSPS) is 19.9. The fourth-order valence-electron chi connectivity index (χ4n) is 2.42. The molecule has 0 saturated carbocycles. The fourth-order valence-corrected chi connectivity index (χ4v) is 4.35. The van der Waals surface area contributed by atoms with Crippen molar-refractivity contribution in [3.05, 3.63) is 35.4 Å². The van der Waals surface area contributed by atoms with Gasteiger partial charge in [0.05, 0.1) is 24.5 Å². The third-order valence-electron chi connectivity index (χ3n) is 3.51. The molecule has 0 aromatic heterocycles. The zero-order valence-electron chi connectivity index (χ0n) is 12.0. The molecule has 5 nitrogen and oxygen atoms in total. The molecule has 1 fully saturated rings. The maximum Gasteiger partial charge on any atom is 0.218 e. The highest BCUT2D eigenvalue weighted by atomic mass is 32.2. The molecule has 112 valence electrons. The summed E-state index contributed by atoms with van der Waals surface area (Å²) >= 11 is 0. The van der Waals surface area contributed by atoms with Crippen LogP contribution in [0.15, 0.2) is 24.3 Å². The zero-order chi connectivity index (χ0) is 14.8. The van der Waals surface area contributed by atoms with Gasteiger partial charge in [-0.3, -0.25) is 0 Å². The van der Waals surface area contributed by atoms with Crippen molar-refractivity contribution in [1.82, 2.24) is 4.31 Å². The molecule has 0 bridgehead atoms. The van der Waals surface area contributed by atoms with Crippen molar-refractivity contribution in [1.29, 1.82) is 0 Å². The van der Waals surface area contributed by atoms with Crippen LogP contribution in [0.1, 0.15) is 25.0 Å². The molecule has 0 atom stereocenters. The van der Waals surface area contributed by atoms with Crippen LogP contribution in [-0.4, -0.2) is 38.0 Å². The number of sulfonamides is 1. The number of hydrogen-bond donors (Lipinski definition) is 1. The van der Waals surface area contributed by atoms with Crippen LogP contribution in [0.3, 0.4) is 0 Å². The van der Waals surface area contributed by atoms with Crippen LogP contribution < -0.4 is 5.73 Å². The number of hydrogen-bond acceptors (Lipinski definition) is 4. The molecule has 2 N–H and O–H groups in total. The number of nitrogens with zero attached hydrogens (tertiary/aromatic N) is 1. The number of benzene rings is 1. The summed E-state index contributed by atoms with van der Waals surface area (Å²) in [6.07, 6.45) is 0. The van der Waals surface area contributed by atoms with E-state index in [0.29, 0.717) is 26.3 Å². The predicted molar refractivity (Wildman–Crippen MR) is 78.6 cm³/mol. The van der Waals surface area contributed by atoms with Crippen LogP contribution in [0.2, 0.25) is 0 Å². The third kappa shape index (κ3) is 3.38. The smallest absolute Gasteiger partial charge is 0.218 e. The van der Waals surface area contributed by atoms with Gasteiger partial charge in [-0.1, -0.05) is 24.3 Å². The number of ether oxygens (including phenoxy) is 1. The molecule has 1 aliphatic heterocycles. The molecule has 0 spiro atoms. The monoisotopic (exact) mass is 298 g/mol. The Labute approximate surface area is 120 Å². The Morgan fingerprint density at radius 2 is 1.85 bits per heavy atom. The minimum atomic E-state index is -3.34. The molecule has 1 aromatic rings. The summed E-state index contributed by atoms with van der Waals surface area (Å²) in [7, 11) is -3.34. The van der Waals surface area contributed by atoms with Crippen molar-refractivity contribution >= 4 is 10.0 Å². The minimum absolute atomic E-state index is 0.0152. The topological polar surface area (TPSA) is 72.6 Å². The van der Waals surface area contributed by atoms with Crippen LogP contribution in [0.4, 0.5) is 0 Å². The van der Waals surface area contributed by atoms with Crippen molar-refractivity contribution < 1.29 is 13.2 Å². The van der Waals surface area contributed by atoms with Crippen molar-refractivity contribution in [2.75, 3.05) is 19.8 Å². The highest BCUT2D eigenvalue weighted by Crippen LogP contribution is 2.25. The van der Waals surface area contributed by atoms with E-state index in [1.54, 1.807) is 4.31 Å². The lowest BCUT2D eigenvalue weighted by Gasteiger charge is -2.40. The highest BCUT2D eigenvalue weighted by Gasteiger charge is 2.38. The molecule has 20 heavy (non-hydrogen) atoms. The standard InChI is InChI=1S/C14H22N2O3S/c1-14(2)11-19-8-7-16(14)20(17,18)10-13-5-3-12(9-15)4-6-13/h3-6H,7-11,15H2,1-2H3. The maximum absolute atomic E-state index is 12.6. The molecule has 0 aliphatic carbocycles. The van der Waals surface area contributed by atoms with Crippen LogP contribution in [-0.2, 0) is 27.1 Å². The lowest BCUT2D eigenvalue weighted by molar-refractivity contribution is -0.00777. The van der Waals surface area contributed by atoms with Gasteiger partial charge in [-0.25, -0.2) is 8.42 Å². The Bertz CT molecular complexity index is 552. The number of morpholine rings is 1. The minimum Gasteiger partial charge on any atom is -0.378 e. The summed E-state index contributed by atoms with van der Waals surface area (Å²) in [4.78, 5) is 0. The van der Waals surface area contributed by atoms with E-state index >= 15 is 0 Å². The van der Waals surface area contributed by atoms with E-state index < -0.39 is 15.6 Å². The van der Waals surface area contributed by atoms with Crippen LogP contribution in [0.5, 0.6) is 0 Å².